The van der Waals surface area contributed by atoms with E-state index in [2.05, 4.69) is 10.1 Å². The van der Waals surface area contributed by atoms with Gasteiger partial charge in [0.1, 0.15) is 0 Å². The fourth-order valence-electron chi connectivity index (χ4n) is 3.73. The minimum Gasteiger partial charge on any atom is -0.351 e. The standard InChI is InChI=1S/C16H18N4O3S/c1-10-18-11(9-24-10)8-20-13-5-7-19(12(13)2-3-15(20)21)16(22)14-4-6-17-23-14/h4,6,9,12-13H,2-3,5,7-8H2,1H3/t12-,13-/m1/s1. The van der Waals surface area contributed by atoms with Crippen molar-refractivity contribution in [2.75, 3.05) is 6.54 Å². The number of rotatable bonds is 3. The Morgan fingerprint density at radius 3 is 3.00 bits per heavy atom. The van der Waals surface area contributed by atoms with Crippen LogP contribution in [0.2, 0.25) is 0 Å². The van der Waals surface area contributed by atoms with Crippen LogP contribution in [0.15, 0.2) is 22.2 Å². The number of fused-ring (bicyclic) bond motifs is 1. The number of thiazole rings is 1. The molecule has 4 heterocycles. The third kappa shape index (κ3) is 2.60. The highest BCUT2D eigenvalue weighted by Crippen LogP contribution is 2.33. The molecule has 2 saturated heterocycles. The molecule has 0 N–H and O–H groups in total. The molecule has 2 amide bonds. The van der Waals surface area contributed by atoms with Gasteiger partial charge in [-0.2, -0.15) is 0 Å². The van der Waals surface area contributed by atoms with Gasteiger partial charge in [-0.15, -0.1) is 11.3 Å². The number of aryl methyl sites for hydroxylation is 1. The van der Waals surface area contributed by atoms with E-state index in [1.807, 2.05) is 22.1 Å². The molecule has 2 aromatic rings. The van der Waals surface area contributed by atoms with Crippen LogP contribution in [0.4, 0.5) is 0 Å². The molecule has 0 saturated carbocycles. The fourth-order valence-corrected chi connectivity index (χ4v) is 4.33. The van der Waals surface area contributed by atoms with Gasteiger partial charge in [0.2, 0.25) is 11.7 Å². The van der Waals surface area contributed by atoms with Crippen LogP contribution in [0.25, 0.3) is 0 Å². The van der Waals surface area contributed by atoms with Crippen LogP contribution >= 0.6 is 11.3 Å². The van der Waals surface area contributed by atoms with Crippen LogP contribution in [-0.2, 0) is 11.3 Å². The molecule has 2 atom stereocenters. The number of hydrogen-bond acceptors (Lipinski definition) is 6. The van der Waals surface area contributed by atoms with Crippen molar-refractivity contribution < 1.29 is 14.1 Å². The highest BCUT2D eigenvalue weighted by Gasteiger charge is 2.45. The van der Waals surface area contributed by atoms with E-state index in [0.29, 0.717) is 25.9 Å². The van der Waals surface area contributed by atoms with Crippen LogP contribution in [0, 0.1) is 6.92 Å². The molecule has 0 spiro atoms. The third-order valence-electron chi connectivity index (χ3n) is 4.79. The first-order chi connectivity index (χ1) is 11.6. The van der Waals surface area contributed by atoms with E-state index in [9.17, 15) is 9.59 Å². The van der Waals surface area contributed by atoms with Crippen LogP contribution in [0.1, 0.15) is 40.5 Å². The van der Waals surface area contributed by atoms with Gasteiger partial charge in [0.05, 0.1) is 35.5 Å². The Labute approximate surface area is 143 Å². The van der Waals surface area contributed by atoms with E-state index >= 15 is 0 Å². The number of carbonyl (C=O) groups excluding carboxylic acids is 2. The molecule has 0 bridgehead atoms. The number of piperidine rings is 1. The molecule has 4 rings (SSSR count). The second kappa shape index (κ2) is 6.01. The third-order valence-corrected chi connectivity index (χ3v) is 5.62. The van der Waals surface area contributed by atoms with E-state index in [1.54, 1.807) is 17.4 Å². The summed E-state index contributed by atoms with van der Waals surface area (Å²) < 4.78 is 5.00. The Hall–Kier alpha value is -2.22. The van der Waals surface area contributed by atoms with Crippen molar-refractivity contribution in [3.63, 3.8) is 0 Å². The van der Waals surface area contributed by atoms with Crippen molar-refractivity contribution in [1.29, 1.82) is 0 Å². The molecule has 7 nitrogen and oxygen atoms in total. The molecule has 0 unspecified atom stereocenters. The SMILES string of the molecule is Cc1nc(CN2C(=O)CC[C@@H]3[C@H]2CCN3C(=O)c2ccno2)cs1. The predicted octanol–water partition coefficient (Wildman–Crippen LogP) is 1.85. The van der Waals surface area contributed by atoms with E-state index in [1.165, 1.54) is 6.20 Å². The van der Waals surface area contributed by atoms with Gasteiger partial charge < -0.3 is 14.3 Å². The zero-order valence-electron chi connectivity index (χ0n) is 13.3. The largest absolute Gasteiger partial charge is 0.351 e. The lowest BCUT2D eigenvalue weighted by molar-refractivity contribution is -0.138. The highest BCUT2D eigenvalue weighted by molar-refractivity contribution is 7.09. The van der Waals surface area contributed by atoms with Crippen LogP contribution in [-0.4, -0.2) is 50.4 Å². The first-order valence-corrected chi connectivity index (χ1v) is 8.93. The smallest absolute Gasteiger partial charge is 0.292 e. The maximum Gasteiger partial charge on any atom is 0.292 e. The maximum atomic E-state index is 12.6. The lowest BCUT2D eigenvalue weighted by Gasteiger charge is -2.39. The van der Waals surface area contributed by atoms with Gasteiger partial charge in [0.15, 0.2) is 0 Å². The Morgan fingerprint density at radius 1 is 1.42 bits per heavy atom. The van der Waals surface area contributed by atoms with E-state index in [-0.39, 0.29) is 29.7 Å². The molecule has 0 aromatic carbocycles. The monoisotopic (exact) mass is 346 g/mol. The molecule has 126 valence electrons. The second-order valence-electron chi connectivity index (χ2n) is 6.22. The summed E-state index contributed by atoms with van der Waals surface area (Å²) in [5, 5.41) is 6.61. The summed E-state index contributed by atoms with van der Waals surface area (Å²) in [4.78, 5) is 33.2. The summed E-state index contributed by atoms with van der Waals surface area (Å²) in [6.07, 6.45) is 3.43. The van der Waals surface area contributed by atoms with E-state index in [4.69, 9.17) is 4.52 Å². The normalized spacial score (nSPS) is 23.6. The minimum atomic E-state index is -0.140. The number of carbonyl (C=O) groups is 2. The van der Waals surface area contributed by atoms with Crippen molar-refractivity contribution in [1.82, 2.24) is 19.9 Å². The summed E-state index contributed by atoms with van der Waals surface area (Å²) in [5.74, 6) is 0.267. The first-order valence-electron chi connectivity index (χ1n) is 8.05. The van der Waals surface area contributed by atoms with Gasteiger partial charge >= 0.3 is 0 Å². The molecule has 24 heavy (non-hydrogen) atoms. The van der Waals surface area contributed by atoms with Gasteiger partial charge in [-0.1, -0.05) is 5.16 Å². The maximum absolute atomic E-state index is 12.6. The van der Waals surface area contributed by atoms with Gasteiger partial charge in [-0.05, 0) is 19.8 Å². The number of aromatic nitrogens is 2. The molecular weight excluding hydrogens is 328 g/mol. The summed E-state index contributed by atoms with van der Waals surface area (Å²) in [7, 11) is 0. The molecule has 2 aliphatic heterocycles. The Balaban J connectivity index is 1.53. The van der Waals surface area contributed by atoms with Crippen LogP contribution in [0.5, 0.6) is 0 Å². The molecular formula is C16H18N4O3S. The van der Waals surface area contributed by atoms with Crippen molar-refractivity contribution >= 4 is 23.2 Å². The fraction of sp³-hybridized carbons (Fsp3) is 0.500. The number of amides is 2. The zero-order chi connectivity index (χ0) is 16.7. The minimum absolute atomic E-state index is 0.0417. The topological polar surface area (TPSA) is 79.5 Å². The van der Waals surface area contributed by atoms with Gasteiger partial charge in [-0.3, -0.25) is 9.59 Å². The van der Waals surface area contributed by atoms with Gasteiger partial charge in [0.25, 0.3) is 5.91 Å². The molecule has 0 aliphatic carbocycles. The number of hydrogen-bond donors (Lipinski definition) is 0. The highest BCUT2D eigenvalue weighted by atomic mass is 32.1. The van der Waals surface area contributed by atoms with E-state index < -0.39 is 0 Å². The second-order valence-corrected chi connectivity index (χ2v) is 7.28. The molecule has 2 aromatic heterocycles. The molecule has 2 aliphatic rings. The first kappa shape index (κ1) is 15.3. The van der Waals surface area contributed by atoms with Crippen LogP contribution in [0.3, 0.4) is 0 Å². The van der Waals surface area contributed by atoms with Crippen molar-refractivity contribution in [2.45, 2.75) is 44.8 Å². The lowest BCUT2D eigenvalue weighted by Crippen LogP contribution is -2.52. The summed E-state index contributed by atoms with van der Waals surface area (Å²) in [5.41, 5.74) is 0.923. The van der Waals surface area contributed by atoms with Gasteiger partial charge in [-0.25, -0.2) is 4.98 Å². The lowest BCUT2D eigenvalue weighted by atomic mass is 9.96. The Bertz CT molecular complexity index is 757. The zero-order valence-corrected chi connectivity index (χ0v) is 14.2. The average Bonchev–Trinajstić information content (AvgIpc) is 3.30. The number of nitrogens with zero attached hydrogens (tertiary/aromatic N) is 4. The summed E-state index contributed by atoms with van der Waals surface area (Å²) in [6, 6.07) is 1.68. The summed E-state index contributed by atoms with van der Waals surface area (Å²) in [6.45, 7) is 3.12. The Morgan fingerprint density at radius 2 is 2.29 bits per heavy atom. The van der Waals surface area contributed by atoms with Crippen molar-refractivity contribution in [2.24, 2.45) is 0 Å². The molecule has 0 radical (unpaired) electrons. The quantitative estimate of drug-likeness (QED) is 0.847. The van der Waals surface area contributed by atoms with Crippen molar-refractivity contribution in [3.05, 3.63) is 34.1 Å². The Kier molecular flexibility index (Phi) is 3.84. The van der Waals surface area contributed by atoms with E-state index in [0.717, 1.165) is 17.1 Å². The van der Waals surface area contributed by atoms with Crippen molar-refractivity contribution in [3.8, 4) is 0 Å². The van der Waals surface area contributed by atoms with Crippen LogP contribution < -0.4 is 0 Å². The molecule has 2 fully saturated rings. The average molecular weight is 346 g/mol. The number of likely N-dealkylation sites (tertiary alicyclic amines) is 2. The van der Waals surface area contributed by atoms with Gasteiger partial charge in [0, 0.05) is 24.4 Å². The predicted molar refractivity (Wildman–Crippen MR) is 86.4 cm³/mol. The summed E-state index contributed by atoms with van der Waals surface area (Å²) >= 11 is 1.59. The molecule has 8 heteroatoms.